The molecule has 0 amide bonds. The summed E-state index contributed by atoms with van der Waals surface area (Å²) in [5.41, 5.74) is 6.65. The molecule has 0 bridgehead atoms. The number of rotatable bonds is 5. The van der Waals surface area contributed by atoms with E-state index in [0.29, 0.717) is 11.3 Å². The van der Waals surface area contributed by atoms with Crippen molar-refractivity contribution >= 4 is 15.9 Å². The van der Waals surface area contributed by atoms with Crippen LogP contribution < -0.4 is 9.86 Å². The van der Waals surface area contributed by atoms with Crippen LogP contribution in [0.2, 0.25) is 0 Å². The molecule has 0 atom stereocenters. The zero-order valence-corrected chi connectivity index (χ0v) is 17.5. The first kappa shape index (κ1) is 20.3. The standard InChI is InChI=1S/C23H19N5O2S/c1-16-14-23(28(26-16)22-12-10-21(11-13-22)27-31(25,29)30)20-8-6-19(7-9-20)18-4-2-17(15-24)3-5-18/h2-14,27H,1H3,(H2,25,29,30). The van der Waals surface area contributed by atoms with E-state index in [1.807, 2.05) is 54.1 Å². The summed E-state index contributed by atoms with van der Waals surface area (Å²) in [6.07, 6.45) is 0. The third kappa shape index (κ3) is 4.64. The monoisotopic (exact) mass is 429 g/mol. The average Bonchev–Trinajstić information content (AvgIpc) is 3.15. The SMILES string of the molecule is Cc1cc(-c2ccc(-c3ccc(C#N)cc3)cc2)n(-c2ccc(NS(N)(=O)=O)cc2)n1. The molecular weight excluding hydrogens is 410 g/mol. The van der Waals surface area contributed by atoms with E-state index in [0.717, 1.165) is 33.8 Å². The molecule has 4 rings (SSSR count). The van der Waals surface area contributed by atoms with Crippen LogP contribution in [-0.4, -0.2) is 18.2 Å². The molecule has 0 saturated heterocycles. The maximum absolute atomic E-state index is 11.2. The van der Waals surface area contributed by atoms with Gasteiger partial charge in [-0.05, 0) is 60.5 Å². The van der Waals surface area contributed by atoms with Crippen LogP contribution in [0.15, 0.2) is 78.9 Å². The lowest BCUT2D eigenvalue weighted by atomic mass is 10.0. The van der Waals surface area contributed by atoms with Crippen LogP contribution in [0, 0.1) is 18.3 Å². The van der Waals surface area contributed by atoms with Gasteiger partial charge in [0.1, 0.15) is 0 Å². The lowest BCUT2D eigenvalue weighted by Crippen LogP contribution is -2.21. The van der Waals surface area contributed by atoms with E-state index in [4.69, 9.17) is 10.4 Å². The van der Waals surface area contributed by atoms with Crippen molar-refractivity contribution in [1.82, 2.24) is 9.78 Å². The number of benzene rings is 3. The van der Waals surface area contributed by atoms with Crippen molar-refractivity contribution in [2.24, 2.45) is 5.14 Å². The van der Waals surface area contributed by atoms with Gasteiger partial charge < -0.3 is 0 Å². The fraction of sp³-hybridized carbons (Fsp3) is 0.0435. The highest BCUT2D eigenvalue weighted by atomic mass is 32.2. The maximum atomic E-state index is 11.2. The largest absolute Gasteiger partial charge is 0.296 e. The normalized spacial score (nSPS) is 11.1. The number of nitrogens with two attached hydrogens (primary N) is 1. The van der Waals surface area contributed by atoms with Crippen molar-refractivity contribution in [3.05, 3.63) is 90.1 Å². The summed E-state index contributed by atoms with van der Waals surface area (Å²) in [6, 6.07) is 26.5. The van der Waals surface area contributed by atoms with Crippen LogP contribution in [0.3, 0.4) is 0 Å². The second-order valence-electron chi connectivity index (χ2n) is 7.04. The summed E-state index contributed by atoms with van der Waals surface area (Å²) in [7, 11) is -3.82. The fourth-order valence-corrected chi connectivity index (χ4v) is 3.77. The third-order valence-electron chi connectivity index (χ3n) is 4.73. The van der Waals surface area contributed by atoms with Crippen LogP contribution >= 0.6 is 0 Å². The van der Waals surface area contributed by atoms with Crippen LogP contribution in [-0.2, 0) is 10.2 Å². The molecule has 0 spiro atoms. The molecule has 154 valence electrons. The highest BCUT2D eigenvalue weighted by Crippen LogP contribution is 2.28. The van der Waals surface area contributed by atoms with Crippen molar-refractivity contribution in [1.29, 1.82) is 5.26 Å². The molecule has 0 unspecified atom stereocenters. The average molecular weight is 430 g/mol. The Bertz CT molecular complexity index is 1370. The number of aryl methyl sites for hydroxylation is 1. The van der Waals surface area contributed by atoms with E-state index in [-0.39, 0.29) is 0 Å². The Kier molecular flexibility index (Phi) is 5.29. The van der Waals surface area contributed by atoms with Gasteiger partial charge in [-0.15, -0.1) is 0 Å². The van der Waals surface area contributed by atoms with Gasteiger partial charge in [0.05, 0.1) is 28.7 Å². The lowest BCUT2D eigenvalue weighted by Gasteiger charge is -2.10. The zero-order chi connectivity index (χ0) is 22.0. The van der Waals surface area contributed by atoms with Gasteiger partial charge in [0.25, 0.3) is 10.2 Å². The predicted molar refractivity (Wildman–Crippen MR) is 121 cm³/mol. The minimum atomic E-state index is -3.82. The summed E-state index contributed by atoms with van der Waals surface area (Å²) < 4.78 is 26.4. The van der Waals surface area contributed by atoms with Crippen molar-refractivity contribution in [3.63, 3.8) is 0 Å². The van der Waals surface area contributed by atoms with Crippen molar-refractivity contribution in [3.8, 4) is 34.1 Å². The maximum Gasteiger partial charge on any atom is 0.296 e. The number of nitrogens with one attached hydrogen (secondary N) is 1. The molecule has 1 aromatic heterocycles. The lowest BCUT2D eigenvalue weighted by molar-refractivity contribution is 0.603. The van der Waals surface area contributed by atoms with Gasteiger partial charge in [-0.25, -0.2) is 9.82 Å². The third-order valence-corrected chi connectivity index (χ3v) is 5.25. The van der Waals surface area contributed by atoms with Gasteiger partial charge in [0.2, 0.25) is 0 Å². The molecule has 4 aromatic rings. The molecule has 0 radical (unpaired) electrons. The highest BCUT2D eigenvalue weighted by Gasteiger charge is 2.11. The summed E-state index contributed by atoms with van der Waals surface area (Å²) in [6.45, 7) is 1.92. The van der Waals surface area contributed by atoms with Crippen LogP contribution in [0.5, 0.6) is 0 Å². The Morgan fingerprint density at radius 1 is 0.903 bits per heavy atom. The molecule has 0 fully saturated rings. The van der Waals surface area contributed by atoms with Crippen LogP contribution in [0.25, 0.3) is 28.1 Å². The Balaban J connectivity index is 1.64. The van der Waals surface area contributed by atoms with E-state index in [1.165, 1.54) is 0 Å². The molecule has 7 nitrogen and oxygen atoms in total. The molecule has 0 aliphatic heterocycles. The van der Waals surface area contributed by atoms with Gasteiger partial charge in [0.15, 0.2) is 0 Å². The van der Waals surface area contributed by atoms with Crippen molar-refractivity contribution in [2.75, 3.05) is 4.72 Å². The number of nitriles is 1. The fourth-order valence-electron chi connectivity index (χ4n) is 3.31. The predicted octanol–water partition coefficient (Wildman–Crippen LogP) is 4.00. The number of nitrogens with zero attached hydrogens (tertiary/aromatic N) is 3. The van der Waals surface area contributed by atoms with Crippen molar-refractivity contribution in [2.45, 2.75) is 6.92 Å². The zero-order valence-electron chi connectivity index (χ0n) is 16.6. The molecule has 0 saturated carbocycles. The molecule has 31 heavy (non-hydrogen) atoms. The van der Waals surface area contributed by atoms with E-state index in [1.54, 1.807) is 36.4 Å². The van der Waals surface area contributed by atoms with Gasteiger partial charge in [-0.1, -0.05) is 36.4 Å². The molecule has 3 N–H and O–H groups in total. The van der Waals surface area contributed by atoms with Crippen molar-refractivity contribution < 1.29 is 8.42 Å². The Morgan fingerprint density at radius 2 is 1.45 bits per heavy atom. The topological polar surface area (TPSA) is 114 Å². The Hall–Kier alpha value is -3.93. The summed E-state index contributed by atoms with van der Waals surface area (Å²) in [5.74, 6) is 0. The molecular formula is C23H19N5O2S. The summed E-state index contributed by atoms with van der Waals surface area (Å²) in [5, 5.41) is 18.6. The quantitative estimate of drug-likeness (QED) is 0.499. The molecule has 0 aliphatic carbocycles. The minimum absolute atomic E-state index is 0.378. The summed E-state index contributed by atoms with van der Waals surface area (Å²) in [4.78, 5) is 0. The van der Waals surface area contributed by atoms with E-state index < -0.39 is 10.2 Å². The first-order valence-electron chi connectivity index (χ1n) is 9.41. The molecule has 3 aromatic carbocycles. The minimum Gasteiger partial charge on any atom is -0.271 e. The van der Waals surface area contributed by atoms with E-state index in [9.17, 15) is 8.42 Å². The van der Waals surface area contributed by atoms with E-state index in [2.05, 4.69) is 15.9 Å². The first-order chi connectivity index (χ1) is 14.8. The van der Waals surface area contributed by atoms with Gasteiger partial charge in [-0.3, -0.25) is 4.72 Å². The van der Waals surface area contributed by atoms with Gasteiger partial charge in [0, 0.05) is 11.3 Å². The van der Waals surface area contributed by atoms with Gasteiger partial charge in [-0.2, -0.15) is 18.8 Å². The second kappa shape index (κ2) is 8.07. The molecule has 0 aliphatic rings. The van der Waals surface area contributed by atoms with Crippen LogP contribution in [0.1, 0.15) is 11.3 Å². The Labute approximate surface area is 180 Å². The number of hydrogen-bond acceptors (Lipinski definition) is 4. The molecule has 8 heteroatoms. The number of anilines is 1. The smallest absolute Gasteiger partial charge is 0.271 e. The van der Waals surface area contributed by atoms with Gasteiger partial charge >= 0.3 is 0 Å². The highest BCUT2D eigenvalue weighted by molar-refractivity contribution is 7.90. The Morgan fingerprint density at radius 3 is 2.00 bits per heavy atom. The van der Waals surface area contributed by atoms with E-state index >= 15 is 0 Å². The summed E-state index contributed by atoms with van der Waals surface area (Å²) >= 11 is 0. The first-order valence-corrected chi connectivity index (χ1v) is 11.0. The number of hydrogen-bond donors (Lipinski definition) is 2. The molecule has 1 heterocycles. The second-order valence-corrected chi connectivity index (χ2v) is 8.34. The van der Waals surface area contributed by atoms with Crippen LogP contribution in [0.4, 0.5) is 5.69 Å². The number of aromatic nitrogens is 2.